The number of benzene rings is 1. The first-order valence-corrected chi connectivity index (χ1v) is 7.58. The molecule has 1 unspecified atom stereocenters. The summed E-state index contributed by atoms with van der Waals surface area (Å²) < 4.78 is 10.9. The molecular formula is C14H23O3P. The van der Waals surface area contributed by atoms with Crippen LogP contribution in [0.2, 0.25) is 0 Å². The second kappa shape index (κ2) is 7.73. The van der Waals surface area contributed by atoms with E-state index in [-0.39, 0.29) is 5.60 Å². The van der Waals surface area contributed by atoms with Crippen LogP contribution in [0, 0.1) is 0 Å². The molecule has 102 valence electrons. The SMILES string of the molecule is CCCCCC(C)(C)OP(O)Oc1ccccc1. The topological polar surface area (TPSA) is 38.7 Å². The third-order valence-corrected chi connectivity index (χ3v) is 3.65. The Hall–Kier alpha value is -0.630. The highest BCUT2D eigenvalue weighted by Crippen LogP contribution is 2.40. The summed E-state index contributed by atoms with van der Waals surface area (Å²) in [6.45, 7) is 6.15. The first-order chi connectivity index (χ1) is 8.53. The standard InChI is InChI=1S/C14H23O3P/c1-4-5-9-12-14(2,3)17-18(15)16-13-10-7-6-8-11-13/h6-8,10-11,15H,4-5,9,12H2,1-3H3. The van der Waals surface area contributed by atoms with E-state index in [9.17, 15) is 4.89 Å². The van der Waals surface area contributed by atoms with E-state index in [1.54, 1.807) is 12.1 Å². The van der Waals surface area contributed by atoms with Gasteiger partial charge in [-0.2, -0.15) is 0 Å². The van der Waals surface area contributed by atoms with Gasteiger partial charge in [-0.15, -0.1) is 0 Å². The molecule has 0 radical (unpaired) electrons. The van der Waals surface area contributed by atoms with Gasteiger partial charge in [0.05, 0.1) is 5.60 Å². The van der Waals surface area contributed by atoms with Crippen molar-refractivity contribution >= 4 is 8.60 Å². The van der Waals surface area contributed by atoms with Crippen molar-refractivity contribution < 1.29 is 13.9 Å². The quantitative estimate of drug-likeness (QED) is 0.551. The van der Waals surface area contributed by atoms with Crippen LogP contribution in [0.15, 0.2) is 30.3 Å². The average molecular weight is 270 g/mol. The fourth-order valence-electron chi connectivity index (χ4n) is 1.65. The van der Waals surface area contributed by atoms with Crippen molar-refractivity contribution in [2.75, 3.05) is 0 Å². The number of unbranched alkanes of at least 4 members (excludes halogenated alkanes) is 2. The molecule has 1 aromatic carbocycles. The van der Waals surface area contributed by atoms with Crippen molar-refractivity contribution in [3.63, 3.8) is 0 Å². The van der Waals surface area contributed by atoms with E-state index in [2.05, 4.69) is 6.92 Å². The molecule has 0 saturated heterocycles. The minimum Gasteiger partial charge on any atom is -0.427 e. The van der Waals surface area contributed by atoms with E-state index in [0.717, 1.165) is 12.8 Å². The lowest BCUT2D eigenvalue weighted by Gasteiger charge is -2.26. The van der Waals surface area contributed by atoms with Crippen LogP contribution in [0.25, 0.3) is 0 Å². The van der Waals surface area contributed by atoms with E-state index in [1.807, 2.05) is 32.0 Å². The molecule has 18 heavy (non-hydrogen) atoms. The number of hydrogen-bond acceptors (Lipinski definition) is 3. The third kappa shape index (κ3) is 6.34. The molecule has 0 aromatic heterocycles. The summed E-state index contributed by atoms with van der Waals surface area (Å²) in [6, 6.07) is 9.25. The van der Waals surface area contributed by atoms with Crippen LogP contribution in [0.4, 0.5) is 0 Å². The van der Waals surface area contributed by atoms with E-state index in [1.165, 1.54) is 12.8 Å². The molecule has 0 fully saturated rings. The van der Waals surface area contributed by atoms with E-state index in [0.29, 0.717) is 5.75 Å². The highest BCUT2D eigenvalue weighted by Gasteiger charge is 2.24. The van der Waals surface area contributed by atoms with Gasteiger partial charge in [-0.05, 0) is 32.4 Å². The number of hydrogen-bond donors (Lipinski definition) is 1. The van der Waals surface area contributed by atoms with Gasteiger partial charge in [-0.3, -0.25) is 4.52 Å². The van der Waals surface area contributed by atoms with E-state index < -0.39 is 8.60 Å². The van der Waals surface area contributed by atoms with Crippen LogP contribution >= 0.6 is 8.60 Å². The molecule has 0 aliphatic heterocycles. The maximum atomic E-state index is 9.82. The van der Waals surface area contributed by atoms with Gasteiger partial charge in [-0.25, -0.2) is 0 Å². The zero-order chi connectivity index (χ0) is 13.4. The Morgan fingerprint density at radius 1 is 1.17 bits per heavy atom. The molecular weight excluding hydrogens is 247 g/mol. The summed E-state index contributed by atoms with van der Waals surface area (Å²) >= 11 is 0. The number of para-hydroxylation sites is 1. The highest BCUT2D eigenvalue weighted by molar-refractivity contribution is 7.41. The molecule has 1 atom stereocenters. The fourth-order valence-corrected chi connectivity index (χ4v) is 2.50. The third-order valence-electron chi connectivity index (χ3n) is 2.63. The summed E-state index contributed by atoms with van der Waals surface area (Å²) in [4.78, 5) is 9.82. The maximum absolute atomic E-state index is 9.82. The van der Waals surface area contributed by atoms with Crippen molar-refractivity contribution in [2.45, 2.75) is 52.1 Å². The van der Waals surface area contributed by atoms with Crippen molar-refractivity contribution in [3.05, 3.63) is 30.3 Å². The largest absolute Gasteiger partial charge is 0.427 e. The van der Waals surface area contributed by atoms with Crippen LogP contribution in [-0.2, 0) is 4.52 Å². The van der Waals surface area contributed by atoms with Crippen LogP contribution in [0.3, 0.4) is 0 Å². The molecule has 3 nitrogen and oxygen atoms in total. The molecule has 1 N–H and O–H groups in total. The average Bonchev–Trinajstić information content (AvgIpc) is 2.29. The zero-order valence-electron chi connectivity index (χ0n) is 11.4. The lowest BCUT2D eigenvalue weighted by molar-refractivity contribution is 0.0816. The smallest absolute Gasteiger partial charge is 0.394 e. The first kappa shape index (κ1) is 15.4. The highest BCUT2D eigenvalue weighted by atomic mass is 31.2. The number of rotatable bonds is 8. The predicted molar refractivity (Wildman–Crippen MR) is 75.5 cm³/mol. The molecule has 0 aliphatic carbocycles. The van der Waals surface area contributed by atoms with Gasteiger partial charge < -0.3 is 9.42 Å². The van der Waals surface area contributed by atoms with E-state index >= 15 is 0 Å². The summed E-state index contributed by atoms with van der Waals surface area (Å²) in [5.41, 5.74) is -0.343. The Labute approximate surface area is 111 Å². The first-order valence-electron chi connectivity index (χ1n) is 6.44. The van der Waals surface area contributed by atoms with Crippen molar-refractivity contribution in [1.29, 1.82) is 0 Å². The molecule has 0 saturated carbocycles. The molecule has 0 bridgehead atoms. The second-order valence-corrected chi connectivity index (χ2v) is 5.79. The zero-order valence-corrected chi connectivity index (χ0v) is 12.3. The van der Waals surface area contributed by atoms with Gasteiger partial charge in [0.1, 0.15) is 5.75 Å². The van der Waals surface area contributed by atoms with Crippen LogP contribution in [-0.4, -0.2) is 10.5 Å². The molecule has 1 rings (SSSR count). The molecule has 0 heterocycles. The molecule has 0 aliphatic rings. The Kier molecular flexibility index (Phi) is 6.62. The van der Waals surface area contributed by atoms with E-state index in [4.69, 9.17) is 9.05 Å². The van der Waals surface area contributed by atoms with Crippen molar-refractivity contribution in [2.24, 2.45) is 0 Å². The van der Waals surface area contributed by atoms with Crippen LogP contribution in [0.1, 0.15) is 46.5 Å². The molecule has 0 spiro atoms. The van der Waals surface area contributed by atoms with Crippen LogP contribution < -0.4 is 4.52 Å². The normalized spacial score (nSPS) is 13.3. The minimum atomic E-state index is -1.87. The Bertz CT molecular complexity index is 327. The lowest BCUT2D eigenvalue weighted by atomic mass is 10.0. The second-order valence-electron chi connectivity index (χ2n) is 4.95. The Morgan fingerprint density at radius 2 is 1.83 bits per heavy atom. The summed E-state index contributed by atoms with van der Waals surface area (Å²) in [5, 5.41) is 0. The molecule has 4 heteroatoms. The summed E-state index contributed by atoms with van der Waals surface area (Å²) in [5.74, 6) is 0.635. The van der Waals surface area contributed by atoms with Gasteiger partial charge in [0.2, 0.25) is 0 Å². The lowest BCUT2D eigenvalue weighted by Crippen LogP contribution is -2.22. The van der Waals surface area contributed by atoms with Crippen molar-refractivity contribution in [3.8, 4) is 5.75 Å². The predicted octanol–water partition coefficient (Wildman–Crippen LogP) is 4.66. The van der Waals surface area contributed by atoms with Gasteiger partial charge >= 0.3 is 8.60 Å². The monoisotopic (exact) mass is 270 g/mol. The Morgan fingerprint density at radius 3 is 2.44 bits per heavy atom. The Balaban J connectivity index is 2.36. The van der Waals surface area contributed by atoms with Gasteiger partial charge in [0.15, 0.2) is 0 Å². The van der Waals surface area contributed by atoms with Crippen LogP contribution in [0.5, 0.6) is 5.75 Å². The molecule has 1 aromatic rings. The van der Waals surface area contributed by atoms with Gasteiger partial charge in [-0.1, -0.05) is 44.4 Å². The maximum Gasteiger partial charge on any atom is 0.394 e. The van der Waals surface area contributed by atoms with Gasteiger partial charge in [0, 0.05) is 0 Å². The molecule has 0 amide bonds. The summed E-state index contributed by atoms with van der Waals surface area (Å²) in [6.07, 6.45) is 4.41. The summed E-state index contributed by atoms with van der Waals surface area (Å²) in [7, 11) is -1.87. The minimum absolute atomic E-state index is 0.343. The van der Waals surface area contributed by atoms with Crippen molar-refractivity contribution in [1.82, 2.24) is 0 Å². The van der Waals surface area contributed by atoms with Gasteiger partial charge in [0.25, 0.3) is 0 Å². The fraction of sp³-hybridized carbons (Fsp3) is 0.571.